The van der Waals surface area contributed by atoms with Crippen LogP contribution in [0.5, 0.6) is 5.88 Å². The maximum absolute atomic E-state index is 11.9. The van der Waals surface area contributed by atoms with Gasteiger partial charge in [0.15, 0.2) is 0 Å². The lowest BCUT2D eigenvalue weighted by Crippen LogP contribution is -2.25. The van der Waals surface area contributed by atoms with Crippen molar-refractivity contribution in [3.8, 4) is 5.88 Å². The molecule has 2 heterocycles. The number of benzene rings is 1. The number of aromatic nitrogens is 1. The van der Waals surface area contributed by atoms with Crippen molar-refractivity contribution in [2.24, 2.45) is 12.0 Å². The third-order valence-electron chi connectivity index (χ3n) is 3.53. The maximum Gasteiger partial charge on any atom is 0.277 e. The molecule has 1 amide bonds. The highest BCUT2D eigenvalue weighted by Gasteiger charge is 2.30. The van der Waals surface area contributed by atoms with E-state index in [1.807, 2.05) is 0 Å². The number of rotatable bonds is 2. The van der Waals surface area contributed by atoms with E-state index in [4.69, 9.17) is 12.2 Å². The van der Waals surface area contributed by atoms with Crippen LogP contribution < -0.4 is 5.32 Å². The second-order valence-electron chi connectivity index (χ2n) is 4.89. The molecule has 0 radical (unpaired) electrons. The van der Waals surface area contributed by atoms with Gasteiger partial charge in [0, 0.05) is 24.6 Å². The summed E-state index contributed by atoms with van der Waals surface area (Å²) in [5.41, 5.74) is 1.16. The summed E-state index contributed by atoms with van der Waals surface area (Å²) in [7, 11) is 1.60. The van der Waals surface area contributed by atoms with Crippen molar-refractivity contribution in [3.63, 3.8) is 0 Å². The molecule has 0 atom stereocenters. The van der Waals surface area contributed by atoms with Crippen LogP contribution in [0.25, 0.3) is 10.9 Å². The number of non-ortho nitro benzene ring substituents is 1. The zero-order chi connectivity index (χ0) is 16.2. The lowest BCUT2D eigenvalue weighted by atomic mass is 10.0. The van der Waals surface area contributed by atoms with E-state index in [9.17, 15) is 20.0 Å². The molecule has 1 aromatic heterocycles. The molecule has 0 saturated carbocycles. The van der Waals surface area contributed by atoms with Crippen molar-refractivity contribution in [1.82, 2.24) is 9.88 Å². The molecular formula is C13H10N4O4S. The van der Waals surface area contributed by atoms with E-state index < -0.39 is 10.8 Å². The molecular weight excluding hydrogens is 308 g/mol. The average molecular weight is 318 g/mol. The summed E-state index contributed by atoms with van der Waals surface area (Å²) < 4.78 is 1.46. The topological polar surface area (TPSA) is 110 Å². The van der Waals surface area contributed by atoms with Crippen molar-refractivity contribution >= 4 is 45.5 Å². The number of nitro benzene ring substituents is 1. The first kappa shape index (κ1) is 14.1. The van der Waals surface area contributed by atoms with E-state index in [0.29, 0.717) is 16.5 Å². The summed E-state index contributed by atoms with van der Waals surface area (Å²) in [4.78, 5) is 26.3. The number of carbonyl (C=O) groups excluding carboxylic acids is 1. The fourth-order valence-electron chi connectivity index (χ4n) is 2.64. The number of amides is 1. The highest BCUT2D eigenvalue weighted by Crippen LogP contribution is 2.36. The summed E-state index contributed by atoms with van der Waals surface area (Å²) in [6.45, 7) is 1.69. The third-order valence-corrected chi connectivity index (χ3v) is 3.72. The van der Waals surface area contributed by atoms with Crippen LogP contribution in [-0.2, 0) is 11.8 Å². The summed E-state index contributed by atoms with van der Waals surface area (Å²) in [5.74, 6) is -0.742. The van der Waals surface area contributed by atoms with Gasteiger partial charge >= 0.3 is 0 Å². The Morgan fingerprint density at radius 2 is 2.14 bits per heavy atom. The van der Waals surface area contributed by atoms with Crippen LogP contribution in [0.4, 0.5) is 5.69 Å². The van der Waals surface area contributed by atoms with Crippen LogP contribution in [0, 0.1) is 17.0 Å². The predicted molar refractivity (Wildman–Crippen MR) is 83.3 cm³/mol. The lowest BCUT2D eigenvalue weighted by Gasteiger charge is -2.01. The molecule has 1 aliphatic heterocycles. The Bertz CT molecular complexity index is 913. The summed E-state index contributed by atoms with van der Waals surface area (Å²) in [6, 6.07) is 2.72. The normalized spacial score (nSPS) is 14.4. The van der Waals surface area contributed by atoms with Gasteiger partial charge in [-0.2, -0.15) is 0 Å². The van der Waals surface area contributed by atoms with E-state index in [2.05, 4.69) is 10.3 Å². The number of hydrogen-bond acceptors (Lipinski definition) is 5. The highest BCUT2D eigenvalue weighted by atomic mass is 32.1. The molecule has 0 aliphatic carbocycles. The number of nitrogens with zero attached hydrogens (tertiary/aromatic N) is 3. The number of nitro groups is 1. The first-order valence-corrected chi connectivity index (χ1v) is 6.63. The first-order chi connectivity index (χ1) is 10.3. The van der Waals surface area contributed by atoms with Gasteiger partial charge in [-0.15, -0.1) is 0 Å². The van der Waals surface area contributed by atoms with Gasteiger partial charge in [0.1, 0.15) is 5.71 Å². The van der Waals surface area contributed by atoms with E-state index in [1.165, 1.54) is 16.7 Å². The van der Waals surface area contributed by atoms with Gasteiger partial charge in [0.05, 0.1) is 16.0 Å². The molecule has 0 fully saturated rings. The average Bonchev–Trinajstić information content (AvgIpc) is 2.88. The Morgan fingerprint density at radius 3 is 2.68 bits per heavy atom. The number of thiocarbonyl (C=S) groups is 1. The van der Waals surface area contributed by atoms with Gasteiger partial charge in [0.2, 0.25) is 11.0 Å². The van der Waals surface area contributed by atoms with Gasteiger partial charge in [-0.1, -0.05) is 0 Å². The SMILES string of the molecule is Cc1cc([N+](=O)[O-])cc2c(C3=NC(=S)NC3=O)c(O)n(C)c12. The third kappa shape index (κ3) is 1.86. The zero-order valence-corrected chi connectivity index (χ0v) is 12.4. The van der Waals surface area contributed by atoms with Crippen molar-refractivity contribution in [2.75, 3.05) is 0 Å². The van der Waals surface area contributed by atoms with Crippen molar-refractivity contribution < 1.29 is 14.8 Å². The van der Waals surface area contributed by atoms with Crippen molar-refractivity contribution in [1.29, 1.82) is 0 Å². The summed E-state index contributed by atoms with van der Waals surface area (Å²) >= 11 is 4.82. The molecule has 3 rings (SSSR count). The number of aryl methyl sites for hydroxylation is 2. The minimum Gasteiger partial charge on any atom is -0.494 e. The van der Waals surface area contributed by atoms with E-state index in [1.54, 1.807) is 14.0 Å². The molecule has 0 bridgehead atoms. The van der Waals surface area contributed by atoms with Gasteiger partial charge in [-0.3, -0.25) is 20.2 Å². The largest absolute Gasteiger partial charge is 0.494 e. The number of carbonyl (C=O) groups is 1. The molecule has 2 aromatic rings. The summed E-state index contributed by atoms with van der Waals surface area (Å²) in [5, 5.41) is 24.1. The van der Waals surface area contributed by atoms with Gasteiger partial charge in [-0.05, 0) is 24.7 Å². The summed E-state index contributed by atoms with van der Waals surface area (Å²) in [6.07, 6.45) is 0. The molecule has 8 nitrogen and oxygen atoms in total. The Balaban J connectivity index is 2.42. The Kier molecular flexibility index (Phi) is 2.96. The highest BCUT2D eigenvalue weighted by molar-refractivity contribution is 7.80. The standard InChI is InChI=1S/C13H10N4O4S/c1-5-3-6(17(20)21)4-7-8(12(19)16(2)10(5)7)9-11(18)15-13(22)14-9/h3-4,19H,1-2H3,(H,15,18,22). The van der Waals surface area contributed by atoms with E-state index in [-0.39, 0.29) is 28.0 Å². The Morgan fingerprint density at radius 1 is 1.45 bits per heavy atom. The number of nitrogens with one attached hydrogen (secondary N) is 1. The molecule has 0 spiro atoms. The molecule has 112 valence electrons. The lowest BCUT2D eigenvalue weighted by molar-refractivity contribution is -0.384. The fraction of sp³-hybridized carbons (Fsp3) is 0.154. The van der Waals surface area contributed by atoms with Gasteiger partial charge < -0.3 is 9.67 Å². The maximum atomic E-state index is 11.9. The number of fused-ring (bicyclic) bond motifs is 1. The van der Waals surface area contributed by atoms with Crippen molar-refractivity contribution in [2.45, 2.75) is 6.92 Å². The van der Waals surface area contributed by atoms with Crippen LogP contribution in [0.15, 0.2) is 17.1 Å². The molecule has 1 aromatic carbocycles. The number of aromatic hydroxyl groups is 1. The van der Waals surface area contributed by atoms with Crippen molar-refractivity contribution in [3.05, 3.63) is 33.4 Å². The van der Waals surface area contributed by atoms with Crippen LogP contribution in [0.1, 0.15) is 11.1 Å². The second kappa shape index (κ2) is 4.60. The van der Waals surface area contributed by atoms with Gasteiger partial charge in [0.25, 0.3) is 11.6 Å². The molecule has 0 unspecified atom stereocenters. The molecule has 22 heavy (non-hydrogen) atoms. The van der Waals surface area contributed by atoms with Crippen LogP contribution >= 0.6 is 12.2 Å². The van der Waals surface area contributed by atoms with Gasteiger partial charge in [-0.25, -0.2) is 4.99 Å². The Hall–Kier alpha value is -2.81. The molecule has 1 aliphatic rings. The molecule has 2 N–H and O–H groups in total. The number of hydrogen-bond donors (Lipinski definition) is 2. The van der Waals surface area contributed by atoms with E-state index >= 15 is 0 Å². The minimum absolute atomic E-state index is 0.00134. The minimum atomic E-state index is -0.544. The van der Waals surface area contributed by atoms with E-state index in [0.717, 1.165) is 0 Å². The molecule has 9 heteroatoms. The van der Waals surface area contributed by atoms with Crippen LogP contribution in [0.2, 0.25) is 0 Å². The smallest absolute Gasteiger partial charge is 0.277 e. The fourth-order valence-corrected chi connectivity index (χ4v) is 2.82. The monoisotopic (exact) mass is 318 g/mol. The Labute approximate surface area is 129 Å². The quantitative estimate of drug-likeness (QED) is 0.493. The second-order valence-corrected chi connectivity index (χ2v) is 5.28. The number of aliphatic imine (C=N–C) groups is 1. The van der Waals surface area contributed by atoms with Crippen LogP contribution in [-0.4, -0.2) is 31.3 Å². The molecule has 0 saturated heterocycles. The zero-order valence-electron chi connectivity index (χ0n) is 11.6. The van der Waals surface area contributed by atoms with Crippen LogP contribution in [0.3, 0.4) is 0 Å². The first-order valence-electron chi connectivity index (χ1n) is 6.22. The predicted octanol–water partition coefficient (Wildman–Crippen LogP) is 1.30.